The summed E-state index contributed by atoms with van der Waals surface area (Å²) in [7, 11) is 1.56. The number of carbonyl (C=O) groups excluding carboxylic acids is 3. The third-order valence-electron chi connectivity index (χ3n) is 5.70. The molecule has 1 atom stereocenters. The summed E-state index contributed by atoms with van der Waals surface area (Å²) in [6.07, 6.45) is 1.72. The van der Waals surface area contributed by atoms with E-state index in [1.807, 2.05) is 18.2 Å². The van der Waals surface area contributed by atoms with E-state index in [2.05, 4.69) is 21.2 Å². The summed E-state index contributed by atoms with van der Waals surface area (Å²) in [6, 6.07) is 12.2. The van der Waals surface area contributed by atoms with Crippen LogP contribution >= 0.6 is 15.9 Å². The number of benzene rings is 2. The molecule has 4 rings (SSSR count). The van der Waals surface area contributed by atoms with Crippen molar-refractivity contribution in [3.05, 3.63) is 58.1 Å². The number of aryl methyl sites for hydroxylation is 1. The van der Waals surface area contributed by atoms with Crippen LogP contribution in [0.3, 0.4) is 0 Å². The number of nitrogens with zero attached hydrogens (tertiary/aromatic N) is 2. The fourth-order valence-corrected chi connectivity index (χ4v) is 4.41. The van der Waals surface area contributed by atoms with E-state index >= 15 is 0 Å². The van der Waals surface area contributed by atoms with E-state index < -0.39 is 17.5 Å². The second-order valence-corrected chi connectivity index (χ2v) is 8.51. The zero-order chi connectivity index (χ0) is 21.5. The molecule has 4 amide bonds. The second-order valence-electron chi connectivity index (χ2n) is 7.60. The van der Waals surface area contributed by atoms with Crippen molar-refractivity contribution in [1.29, 1.82) is 0 Å². The number of anilines is 1. The van der Waals surface area contributed by atoms with Crippen molar-refractivity contribution >= 4 is 39.5 Å². The van der Waals surface area contributed by atoms with Gasteiger partial charge in [0.25, 0.3) is 5.91 Å². The first-order valence-corrected chi connectivity index (χ1v) is 10.5. The summed E-state index contributed by atoms with van der Waals surface area (Å²) >= 11 is 3.46. The highest BCUT2D eigenvalue weighted by Gasteiger charge is 2.49. The molecule has 1 unspecified atom stereocenters. The van der Waals surface area contributed by atoms with Gasteiger partial charge < -0.3 is 15.0 Å². The van der Waals surface area contributed by atoms with Gasteiger partial charge in [-0.15, -0.1) is 0 Å². The highest BCUT2D eigenvalue weighted by molar-refractivity contribution is 9.10. The maximum atomic E-state index is 13.1. The Bertz CT molecular complexity index is 1020. The van der Waals surface area contributed by atoms with Crippen LogP contribution in [0, 0.1) is 0 Å². The van der Waals surface area contributed by atoms with Gasteiger partial charge >= 0.3 is 6.03 Å². The highest BCUT2D eigenvalue weighted by atomic mass is 79.9. The van der Waals surface area contributed by atoms with Gasteiger partial charge in [-0.25, -0.2) is 4.79 Å². The normalized spacial score (nSPS) is 20.8. The molecule has 30 heavy (non-hydrogen) atoms. The van der Waals surface area contributed by atoms with Crippen LogP contribution in [0.2, 0.25) is 0 Å². The van der Waals surface area contributed by atoms with Gasteiger partial charge in [0, 0.05) is 16.7 Å². The van der Waals surface area contributed by atoms with Crippen LogP contribution in [-0.2, 0) is 21.5 Å². The average molecular weight is 472 g/mol. The lowest BCUT2D eigenvalue weighted by molar-refractivity contribution is -0.134. The third-order valence-corrected chi connectivity index (χ3v) is 6.19. The number of hydrogen-bond donors (Lipinski definition) is 1. The van der Waals surface area contributed by atoms with Gasteiger partial charge in [-0.05, 0) is 61.2 Å². The largest absolute Gasteiger partial charge is 0.497 e. The maximum Gasteiger partial charge on any atom is 0.325 e. The number of amides is 4. The van der Waals surface area contributed by atoms with Crippen molar-refractivity contribution in [2.75, 3.05) is 25.1 Å². The fourth-order valence-electron chi connectivity index (χ4n) is 4.01. The molecule has 0 radical (unpaired) electrons. The smallest absolute Gasteiger partial charge is 0.325 e. The number of fused-ring (bicyclic) bond motifs is 1. The number of urea groups is 1. The summed E-state index contributed by atoms with van der Waals surface area (Å²) in [6.45, 7) is 1.91. The highest BCUT2D eigenvalue weighted by Crippen LogP contribution is 2.32. The van der Waals surface area contributed by atoms with Gasteiger partial charge in [-0.3, -0.25) is 14.5 Å². The number of halogens is 1. The molecule has 1 N–H and O–H groups in total. The molecule has 2 aliphatic heterocycles. The van der Waals surface area contributed by atoms with Crippen LogP contribution in [0.4, 0.5) is 10.5 Å². The van der Waals surface area contributed by atoms with Gasteiger partial charge in [0.2, 0.25) is 5.91 Å². The average Bonchev–Trinajstić information content (AvgIpc) is 2.97. The lowest BCUT2D eigenvalue weighted by Crippen LogP contribution is -2.46. The molecule has 8 heteroatoms. The molecule has 2 heterocycles. The first-order valence-electron chi connectivity index (χ1n) is 9.71. The number of methoxy groups -OCH3 is 1. The molecule has 0 aromatic heterocycles. The van der Waals surface area contributed by atoms with Crippen molar-refractivity contribution in [2.45, 2.75) is 25.3 Å². The predicted octanol–water partition coefficient (Wildman–Crippen LogP) is 3.20. The molecule has 0 spiro atoms. The quantitative estimate of drug-likeness (QED) is 0.694. The molecule has 0 saturated carbocycles. The monoisotopic (exact) mass is 471 g/mol. The Morgan fingerprint density at radius 3 is 2.63 bits per heavy atom. The van der Waals surface area contributed by atoms with Crippen LogP contribution in [0.1, 0.15) is 24.5 Å². The molecule has 2 aromatic carbocycles. The van der Waals surface area contributed by atoms with Crippen LogP contribution in [0.25, 0.3) is 0 Å². The third kappa shape index (κ3) is 3.45. The lowest BCUT2D eigenvalue weighted by Gasteiger charge is -2.30. The molecular weight excluding hydrogens is 450 g/mol. The van der Waals surface area contributed by atoms with E-state index in [4.69, 9.17) is 4.74 Å². The lowest BCUT2D eigenvalue weighted by atomic mass is 9.92. The molecule has 0 bridgehead atoms. The van der Waals surface area contributed by atoms with E-state index in [-0.39, 0.29) is 12.5 Å². The predicted molar refractivity (Wildman–Crippen MR) is 115 cm³/mol. The Morgan fingerprint density at radius 2 is 1.93 bits per heavy atom. The fraction of sp³-hybridized carbons (Fsp3) is 0.318. The first kappa shape index (κ1) is 20.4. The molecule has 0 aliphatic carbocycles. The Hall–Kier alpha value is -2.87. The van der Waals surface area contributed by atoms with Crippen LogP contribution in [0.15, 0.2) is 46.9 Å². The van der Waals surface area contributed by atoms with Crippen molar-refractivity contribution in [3.8, 4) is 5.75 Å². The van der Waals surface area contributed by atoms with Gasteiger partial charge in [0.15, 0.2) is 0 Å². The number of nitrogens with one attached hydrogen (secondary N) is 1. The van der Waals surface area contributed by atoms with Crippen molar-refractivity contribution in [2.24, 2.45) is 0 Å². The molecule has 156 valence electrons. The molecule has 1 fully saturated rings. The van der Waals surface area contributed by atoms with Crippen molar-refractivity contribution in [1.82, 2.24) is 10.2 Å². The molecule has 2 aliphatic rings. The van der Waals surface area contributed by atoms with Gasteiger partial charge in [-0.1, -0.05) is 28.1 Å². The van der Waals surface area contributed by atoms with Gasteiger partial charge in [0.1, 0.15) is 17.8 Å². The van der Waals surface area contributed by atoms with E-state index in [0.29, 0.717) is 17.9 Å². The Labute approximate surface area is 183 Å². The summed E-state index contributed by atoms with van der Waals surface area (Å²) in [5.74, 6) is -0.0682. The summed E-state index contributed by atoms with van der Waals surface area (Å²) in [5.41, 5.74) is 1.31. The van der Waals surface area contributed by atoms with Crippen LogP contribution < -0.4 is 15.0 Å². The Morgan fingerprint density at radius 1 is 1.20 bits per heavy atom. The molecule has 2 aromatic rings. The Balaban J connectivity index is 1.55. The number of carbonyl (C=O) groups is 3. The van der Waals surface area contributed by atoms with E-state index in [1.54, 1.807) is 43.2 Å². The maximum absolute atomic E-state index is 13.1. The number of ether oxygens (including phenoxy) is 1. The van der Waals surface area contributed by atoms with E-state index in [1.165, 1.54) is 0 Å². The number of hydrogen-bond acceptors (Lipinski definition) is 4. The number of rotatable bonds is 4. The Kier molecular flexibility index (Phi) is 5.27. The van der Waals surface area contributed by atoms with E-state index in [0.717, 1.165) is 33.5 Å². The van der Waals surface area contributed by atoms with Crippen LogP contribution in [-0.4, -0.2) is 42.9 Å². The van der Waals surface area contributed by atoms with Gasteiger partial charge in [0.05, 0.1) is 7.11 Å². The standard InChI is InChI=1S/C22H22BrN3O4/c1-22(15-5-8-17(30-2)9-6-15)20(28)26(21(29)24-22)13-19(27)25-11-3-4-14-12-16(23)7-10-18(14)25/h5-10,12H,3-4,11,13H2,1-2H3,(H,24,29). The van der Waals surface area contributed by atoms with E-state index in [9.17, 15) is 14.4 Å². The SMILES string of the molecule is COc1ccc(C2(C)NC(=O)N(CC(=O)N3CCCc4cc(Br)ccc43)C2=O)cc1. The van der Waals surface area contributed by atoms with Crippen LogP contribution in [0.5, 0.6) is 5.75 Å². The molecular formula is C22H22BrN3O4. The summed E-state index contributed by atoms with van der Waals surface area (Å²) in [5, 5.41) is 2.74. The van der Waals surface area contributed by atoms with Crippen molar-refractivity contribution in [3.63, 3.8) is 0 Å². The second kappa shape index (κ2) is 7.75. The minimum Gasteiger partial charge on any atom is -0.497 e. The first-order chi connectivity index (χ1) is 14.3. The minimum atomic E-state index is -1.23. The summed E-state index contributed by atoms with van der Waals surface area (Å²) in [4.78, 5) is 41.4. The number of imide groups is 1. The van der Waals surface area contributed by atoms with Gasteiger partial charge in [-0.2, -0.15) is 0 Å². The van der Waals surface area contributed by atoms with Crippen molar-refractivity contribution < 1.29 is 19.1 Å². The molecule has 7 nitrogen and oxygen atoms in total. The summed E-state index contributed by atoms with van der Waals surface area (Å²) < 4.78 is 6.11. The minimum absolute atomic E-state index is 0.277. The topological polar surface area (TPSA) is 79.0 Å². The zero-order valence-corrected chi connectivity index (χ0v) is 18.4. The molecule has 1 saturated heterocycles. The zero-order valence-electron chi connectivity index (χ0n) is 16.8.